The minimum atomic E-state index is -0.526. The molecule has 0 bridgehead atoms. The molecule has 1 heterocycles. The molecule has 3 rings (SSSR count). The summed E-state index contributed by atoms with van der Waals surface area (Å²) in [4.78, 5) is 23.0. The van der Waals surface area contributed by atoms with E-state index in [9.17, 15) is 14.9 Å². The summed E-state index contributed by atoms with van der Waals surface area (Å²) in [6.07, 6.45) is 0. The lowest BCUT2D eigenvalue weighted by Gasteiger charge is -2.09. The van der Waals surface area contributed by atoms with Crippen LogP contribution >= 0.6 is 11.6 Å². The number of nitrogens with zero attached hydrogens (tertiary/aromatic N) is 1. The number of rotatable bonds is 5. The zero-order valence-electron chi connectivity index (χ0n) is 14.2. The van der Waals surface area contributed by atoms with Gasteiger partial charge >= 0.3 is 0 Å². The molecule has 0 saturated heterocycles. The zero-order valence-corrected chi connectivity index (χ0v) is 15.0. The number of anilines is 1. The summed E-state index contributed by atoms with van der Waals surface area (Å²) in [7, 11) is 0. The Morgan fingerprint density at radius 1 is 1.26 bits per heavy atom. The number of furan rings is 1. The number of aliphatic hydroxyl groups excluding tert-OH is 1. The normalized spacial score (nSPS) is 10.6. The van der Waals surface area contributed by atoms with Crippen molar-refractivity contribution in [1.29, 1.82) is 0 Å². The predicted octanol–water partition coefficient (Wildman–Crippen LogP) is 4.56. The number of nitrogens with one attached hydrogen (secondary N) is 1. The number of hydrogen-bond donors (Lipinski definition) is 2. The minimum Gasteiger partial charge on any atom is -0.459 e. The van der Waals surface area contributed by atoms with Crippen molar-refractivity contribution in [1.82, 2.24) is 0 Å². The number of hydrogen-bond acceptors (Lipinski definition) is 5. The summed E-state index contributed by atoms with van der Waals surface area (Å²) in [5, 5.41) is 23.1. The maximum Gasteiger partial charge on any atom is 0.273 e. The number of nitro groups is 1. The Balaban J connectivity index is 1.84. The zero-order chi connectivity index (χ0) is 19.6. The van der Waals surface area contributed by atoms with Gasteiger partial charge in [0.15, 0.2) is 0 Å². The van der Waals surface area contributed by atoms with Gasteiger partial charge in [0.2, 0.25) is 0 Å². The van der Waals surface area contributed by atoms with Gasteiger partial charge in [-0.25, -0.2) is 0 Å². The van der Waals surface area contributed by atoms with E-state index in [0.717, 1.165) is 0 Å². The first-order valence-corrected chi connectivity index (χ1v) is 8.33. The maximum absolute atomic E-state index is 12.5. The molecule has 3 aromatic rings. The summed E-state index contributed by atoms with van der Waals surface area (Å²) in [5.41, 5.74) is 1.43. The molecule has 0 aliphatic carbocycles. The molecule has 0 aliphatic rings. The number of aliphatic hydroxyl groups is 1. The Bertz CT molecular complexity index is 1030. The quantitative estimate of drug-likeness (QED) is 0.493. The smallest absolute Gasteiger partial charge is 0.273 e. The van der Waals surface area contributed by atoms with Gasteiger partial charge in [-0.2, -0.15) is 0 Å². The van der Waals surface area contributed by atoms with Gasteiger partial charge in [0.05, 0.1) is 9.95 Å². The van der Waals surface area contributed by atoms with E-state index in [0.29, 0.717) is 27.8 Å². The summed E-state index contributed by atoms with van der Waals surface area (Å²) in [5.74, 6) is 0.441. The highest BCUT2D eigenvalue weighted by molar-refractivity contribution is 6.33. The number of carbonyl (C=O) groups excluding carboxylic acids is 1. The predicted molar refractivity (Wildman–Crippen MR) is 101 cm³/mol. The van der Waals surface area contributed by atoms with E-state index in [1.54, 1.807) is 30.3 Å². The Hall–Kier alpha value is -3.16. The molecule has 1 aromatic heterocycles. The molecule has 0 saturated carbocycles. The molecule has 27 heavy (non-hydrogen) atoms. The fraction of sp³-hybridized carbons (Fsp3) is 0.105. The van der Waals surface area contributed by atoms with Crippen LogP contribution in [0.15, 0.2) is 52.9 Å². The van der Waals surface area contributed by atoms with E-state index in [1.165, 1.54) is 25.1 Å². The van der Waals surface area contributed by atoms with Crippen molar-refractivity contribution in [3.05, 3.63) is 80.6 Å². The van der Waals surface area contributed by atoms with Crippen LogP contribution in [0.5, 0.6) is 0 Å². The van der Waals surface area contributed by atoms with Crippen LogP contribution in [0.25, 0.3) is 11.3 Å². The fourth-order valence-corrected chi connectivity index (χ4v) is 2.94. The lowest BCUT2D eigenvalue weighted by Crippen LogP contribution is -2.14. The molecule has 0 atom stereocenters. The van der Waals surface area contributed by atoms with Crippen molar-refractivity contribution >= 4 is 28.9 Å². The Labute approximate surface area is 159 Å². The van der Waals surface area contributed by atoms with E-state index >= 15 is 0 Å². The number of benzene rings is 2. The minimum absolute atomic E-state index is 0.117. The molecular formula is C19H15ClN2O5. The van der Waals surface area contributed by atoms with Gasteiger partial charge in [0, 0.05) is 28.4 Å². The van der Waals surface area contributed by atoms with Crippen LogP contribution in [0, 0.1) is 17.0 Å². The average molecular weight is 387 g/mol. The van der Waals surface area contributed by atoms with Crippen molar-refractivity contribution in [2.45, 2.75) is 13.5 Å². The summed E-state index contributed by atoms with van der Waals surface area (Å²) in [6.45, 7) is 1.31. The largest absolute Gasteiger partial charge is 0.459 e. The number of halogens is 1. The van der Waals surface area contributed by atoms with Crippen molar-refractivity contribution in [3.63, 3.8) is 0 Å². The molecule has 2 aromatic carbocycles. The SMILES string of the molecule is Cc1c(C(=O)Nc2ccc(-c3ccc(CO)o3)c(Cl)c2)cccc1[N+](=O)[O-]. The monoisotopic (exact) mass is 386 g/mol. The highest BCUT2D eigenvalue weighted by Gasteiger charge is 2.18. The van der Waals surface area contributed by atoms with E-state index in [-0.39, 0.29) is 23.4 Å². The maximum atomic E-state index is 12.5. The molecule has 0 spiro atoms. The molecule has 0 radical (unpaired) electrons. The summed E-state index contributed by atoms with van der Waals surface area (Å²) >= 11 is 6.28. The molecule has 0 fully saturated rings. The Kier molecular flexibility index (Phi) is 5.25. The lowest BCUT2D eigenvalue weighted by atomic mass is 10.1. The molecule has 2 N–H and O–H groups in total. The Morgan fingerprint density at radius 2 is 2.04 bits per heavy atom. The van der Waals surface area contributed by atoms with Gasteiger partial charge in [-0.3, -0.25) is 14.9 Å². The van der Waals surface area contributed by atoms with Gasteiger partial charge in [-0.05, 0) is 43.3 Å². The van der Waals surface area contributed by atoms with Gasteiger partial charge in [-0.15, -0.1) is 0 Å². The van der Waals surface area contributed by atoms with Crippen LogP contribution in [-0.2, 0) is 6.61 Å². The first kappa shape index (κ1) is 18.6. The van der Waals surface area contributed by atoms with Crippen molar-refractivity contribution in [3.8, 4) is 11.3 Å². The van der Waals surface area contributed by atoms with Crippen LogP contribution < -0.4 is 5.32 Å². The third kappa shape index (κ3) is 3.84. The van der Waals surface area contributed by atoms with Crippen LogP contribution in [0.3, 0.4) is 0 Å². The molecule has 0 aliphatic heterocycles. The fourth-order valence-electron chi connectivity index (χ4n) is 2.67. The second-order valence-corrected chi connectivity index (χ2v) is 6.19. The van der Waals surface area contributed by atoms with Crippen molar-refractivity contribution < 1.29 is 19.2 Å². The van der Waals surface area contributed by atoms with E-state index in [4.69, 9.17) is 21.1 Å². The molecule has 1 amide bonds. The highest BCUT2D eigenvalue weighted by atomic mass is 35.5. The third-order valence-electron chi connectivity index (χ3n) is 4.06. The summed E-state index contributed by atoms with van der Waals surface area (Å²) in [6, 6.07) is 12.6. The summed E-state index contributed by atoms with van der Waals surface area (Å²) < 4.78 is 5.46. The van der Waals surface area contributed by atoms with Crippen molar-refractivity contribution in [2.75, 3.05) is 5.32 Å². The van der Waals surface area contributed by atoms with Crippen LogP contribution in [0.2, 0.25) is 5.02 Å². The molecule has 7 nitrogen and oxygen atoms in total. The van der Waals surface area contributed by atoms with Gasteiger partial charge in [0.1, 0.15) is 18.1 Å². The molecule has 8 heteroatoms. The van der Waals surface area contributed by atoms with Crippen LogP contribution in [-0.4, -0.2) is 15.9 Å². The molecule has 0 unspecified atom stereocenters. The van der Waals surface area contributed by atoms with Crippen molar-refractivity contribution in [2.24, 2.45) is 0 Å². The lowest BCUT2D eigenvalue weighted by molar-refractivity contribution is -0.385. The molecular weight excluding hydrogens is 372 g/mol. The second-order valence-electron chi connectivity index (χ2n) is 5.78. The number of amides is 1. The van der Waals surface area contributed by atoms with Crippen LogP contribution in [0.4, 0.5) is 11.4 Å². The average Bonchev–Trinajstić information content (AvgIpc) is 3.10. The topological polar surface area (TPSA) is 106 Å². The Morgan fingerprint density at radius 3 is 2.67 bits per heavy atom. The van der Waals surface area contributed by atoms with E-state index < -0.39 is 10.8 Å². The number of nitro benzene ring substituents is 1. The number of carbonyl (C=O) groups is 1. The molecule has 138 valence electrons. The van der Waals surface area contributed by atoms with E-state index in [1.807, 2.05) is 0 Å². The van der Waals surface area contributed by atoms with Gasteiger partial charge in [-0.1, -0.05) is 17.7 Å². The highest BCUT2D eigenvalue weighted by Crippen LogP contribution is 2.32. The standard InChI is InChI=1S/C19H15ClN2O5/c1-11-14(3-2-4-17(11)22(25)26)19(24)21-12-5-7-15(16(20)9-12)18-8-6-13(10-23)27-18/h2-9,23H,10H2,1H3,(H,21,24). The van der Waals surface area contributed by atoms with E-state index in [2.05, 4.69) is 5.32 Å². The van der Waals surface area contributed by atoms with Gasteiger partial charge < -0.3 is 14.8 Å². The first-order chi connectivity index (χ1) is 12.9. The second kappa shape index (κ2) is 7.61. The van der Waals surface area contributed by atoms with Crippen LogP contribution in [0.1, 0.15) is 21.7 Å². The first-order valence-electron chi connectivity index (χ1n) is 7.95. The third-order valence-corrected chi connectivity index (χ3v) is 4.37. The van der Waals surface area contributed by atoms with Gasteiger partial charge in [0.25, 0.3) is 11.6 Å².